The molecule has 0 saturated heterocycles. The highest BCUT2D eigenvalue weighted by Crippen LogP contribution is 2.31. The summed E-state index contributed by atoms with van der Waals surface area (Å²) in [7, 11) is 0. The second-order valence-electron chi connectivity index (χ2n) is 4.40. The number of nitrogens with zero attached hydrogens (tertiary/aromatic N) is 6. The van der Waals surface area contributed by atoms with Gasteiger partial charge in [0.2, 0.25) is 5.16 Å². The summed E-state index contributed by atoms with van der Waals surface area (Å²) < 4.78 is 1.52. The average molecular weight is 314 g/mol. The Morgan fingerprint density at radius 2 is 2.00 bits per heavy atom. The lowest BCUT2D eigenvalue weighted by atomic mass is 10.2. The highest BCUT2D eigenvalue weighted by molar-refractivity contribution is 7.99. The fraction of sp³-hybridized carbons (Fsp3) is 0.0769. The molecule has 0 spiro atoms. The third kappa shape index (κ3) is 2.79. The van der Waals surface area contributed by atoms with E-state index < -0.39 is 4.92 Å². The summed E-state index contributed by atoms with van der Waals surface area (Å²) in [6, 6.07) is 10.6. The van der Waals surface area contributed by atoms with Gasteiger partial charge in [-0.2, -0.15) is 4.68 Å². The molecule has 0 fully saturated rings. The number of hydrogen-bond acceptors (Lipinski definition) is 7. The molecule has 0 saturated carbocycles. The lowest BCUT2D eigenvalue weighted by molar-refractivity contribution is -0.388. The Morgan fingerprint density at radius 3 is 2.73 bits per heavy atom. The van der Waals surface area contributed by atoms with Crippen LogP contribution in [0.2, 0.25) is 0 Å². The van der Waals surface area contributed by atoms with Gasteiger partial charge in [-0.15, -0.1) is 5.10 Å². The number of benzene rings is 1. The van der Waals surface area contributed by atoms with Gasteiger partial charge in [-0.05, 0) is 47.3 Å². The Balaban J connectivity index is 1.97. The van der Waals surface area contributed by atoms with Crippen LogP contribution >= 0.6 is 11.8 Å². The molecule has 0 aliphatic carbocycles. The standard InChI is InChI=1S/C13H10N6O2S/c1-9-4-6-10(7-5-9)18-13(15-16-17-18)22-12-11(19(20)21)3-2-8-14-12/h2-8H,1H3. The molecule has 110 valence electrons. The summed E-state index contributed by atoms with van der Waals surface area (Å²) in [5.41, 5.74) is 1.81. The monoisotopic (exact) mass is 314 g/mol. The summed E-state index contributed by atoms with van der Waals surface area (Å²) in [4.78, 5) is 14.6. The fourth-order valence-corrected chi connectivity index (χ4v) is 2.62. The summed E-state index contributed by atoms with van der Waals surface area (Å²) >= 11 is 1.05. The van der Waals surface area contributed by atoms with Crippen LogP contribution in [0.5, 0.6) is 0 Å². The van der Waals surface area contributed by atoms with Crippen molar-refractivity contribution in [3.05, 3.63) is 58.3 Å². The molecule has 0 bridgehead atoms. The minimum absolute atomic E-state index is 0.0778. The van der Waals surface area contributed by atoms with Gasteiger partial charge in [0.25, 0.3) is 0 Å². The second kappa shape index (κ2) is 5.90. The molecule has 3 rings (SSSR count). The molecular formula is C13H10N6O2S. The van der Waals surface area contributed by atoms with Crippen molar-refractivity contribution < 1.29 is 4.92 Å². The molecule has 0 radical (unpaired) electrons. The van der Waals surface area contributed by atoms with Crippen molar-refractivity contribution in [3.63, 3.8) is 0 Å². The molecule has 0 aliphatic rings. The molecule has 0 N–H and O–H groups in total. The molecule has 3 aromatic rings. The molecule has 1 aromatic carbocycles. The minimum Gasteiger partial charge on any atom is -0.258 e. The SMILES string of the molecule is Cc1ccc(-n2nnnc2Sc2ncccc2[N+](=O)[O-])cc1. The van der Waals surface area contributed by atoms with Crippen LogP contribution in [0.1, 0.15) is 5.56 Å². The Labute approximate surface area is 129 Å². The van der Waals surface area contributed by atoms with E-state index in [1.807, 2.05) is 31.2 Å². The van der Waals surface area contributed by atoms with Gasteiger partial charge in [0.1, 0.15) is 0 Å². The molecule has 0 aliphatic heterocycles. The average Bonchev–Trinajstić information content (AvgIpc) is 2.96. The molecule has 0 amide bonds. The number of aromatic nitrogens is 5. The molecule has 9 heteroatoms. The predicted molar refractivity (Wildman–Crippen MR) is 78.9 cm³/mol. The highest BCUT2D eigenvalue weighted by Gasteiger charge is 2.19. The van der Waals surface area contributed by atoms with Gasteiger partial charge in [-0.1, -0.05) is 17.7 Å². The van der Waals surface area contributed by atoms with Gasteiger partial charge in [-0.25, -0.2) is 4.98 Å². The van der Waals surface area contributed by atoms with E-state index in [1.165, 1.54) is 23.0 Å². The Hall–Kier alpha value is -2.81. The summed E-state index contributed by atoms with van der Waals surface area (Å²) in [5.74, 6) is 0. The molecule has 8 nitrogen and oxygen atoms in total. The quantitative estimate of drug-likeness (QED) is 0.538. The Morgan fingerprint density at radius 1 is 1.23 bits per heavy atom. The number of aryl methyl sites for hydroxylation is 1. The van der Waals surface area contributed by atoms with E-state index in [2.05, 4.69) is 20.5 Å². The van der Waals surface area contributed by atoms with Crippen LogP contribution in [-0.4, -0.2) is 30.1 Å². The van der Waals surface area contributed by atoms with Gasteiger partial charge in [0.05, 0.1) is 10.6 Å². The van der Waals surface area contributed by atoms with E-state index in [9.17, 15) is 10.1 Å². The van der Waals surface area contributed by atoms with Crippen molar-refractivity contribution in [2.45, 2.75) is 17.1 Å². The van der Waals surface area contributed by atoms with Crippen molar-refractivity contribution in [3.8, 4) is 5.69 Å². The number of rotatable bonds is 4. The van der Waals surface area contributed by atoms with E-state index in [0.717, 1.165) is 23.0 Å². The number of pyridine rings is 1. The smallest absolute Gasteiger partial charge is 0.258 e. The zero-order valence-electron chi connectivity index (χ0n) is 11.4. The number of nitro groups is 1. The van der Waals surface area contributed by atoms with Crippen LogP contribution in [0.25, 0.3) is 5.69 Å². The van der Waals surface area contributed by atoms with E-state index in [-0.39, 0.29) is 10.7 Å². The third-order valence-corrected chi connectivity index (χ3v) is 3.80. The van der Waals surface area contributed by atoms with E-state index in [1.54, 1.807) is 0 Å². The first-order valence-corrected chi connectivity index (χ1v) is 7.09. The Kier molecular flexibility index (Phi) is 3.79. The van der Waals surface area contributed by atoms with Crippen LogP contribution < -0.4 is 0 Å². The largest absolute Gasteiger partial charge is 0.301 e. The minimum atomic E-state index is -0.477. The second-order valence-corrected chi connectivity index (χ2v) is 5.35. The van der Waals surface area contributed by atoms with Crippen LogP contribution in [0.15, 0.2) is 52.8 Å². The van der Waals surface area contributed by atoms with E-state index in [0.29, 0.717) is 5.16 Å². The molecule has 2 heterocycles. The summed E-state index contributed by atoms with van der Waals surface area (Å²) in [5, 5.41) is 23.2. The maximum Gasteiger partial charge on any atom is 0.301 e. The lowest BCUT2D eigenvalue weighted by Gasteiger charge is -2.04. The van der Waals surface area contributed by atoms with Crippen molar-refractivity contribution in [2.75, 3.05) is 0 Å². The predicted octanol–water partition coefficient (Wildman–Crippen LogP) is 2.43. The molecule has 2 aromatic heterocycles. The van der Waals surface area contributed by atoms with Crippen LogP contribution in [0.4, 0.5) is 5.69 Å². The fourth-order valence-electron chi connectivity index (χ4n) is 1.78. The van der Waals surface area contributed by atoms with Gasteiger partial charge in [0.15, 0.2) is 5.03 Å². The summed E-state index contributed by atoms with van der Waals surface area (Å²) in [6.45, 7) is 1.98. The lowest BCUT2D eigenvalue weighted by Crippen LogP contribution is -2.00. The maximum atomic E-state index is 11.0. The number of tetrazole rings is 1. The van der Waals surface area contributed by atoms with Crippen molar-refractivity contribution >= 4 is 17.4 Å². The van der Waals surface area contributed by atoms with Gasteiger partial charge in [-0.3, -0.25) is 10.1 Å². The van der Waals surface area contributed by atoms with Crippen molar-refractivity contribution in [1.29, 1.82) is 0 Å². The first-order chi connectivity index (χ1) is 10.6. The first-order valence-electron chi connectivity index (χ1n) is 6.28. The van der Waals surface area contributed by atoms with Gasteiger partial charge in [0, 0.05) is 12.3 Å². The molecule has 0 atom stereocenters. The van der Waals surface area contributed by atoms with Gasteiger partial charge < -0.3 is 0 Å². The van der Waals surface area contributed by atoms with E-state index >= 15 is 0 Å². The zero-order chi connectivity index (χ0) is 15.5. The normalized spacial score (nSPS) is 10.6. The zero-order valence-corrected chi connectivity index (χ0v) is 12.3. The topological polar surface area (TPSA) is 99.6 Å². The summed E-state index contributed by atoms with van der Waals surface area (Å²) in [6.07, 6.45) is 1.50. The van der Waals surface area contributed by atoms with Crippen LogP contribution in [0.3, 0.4) is 0 Å². The van der Waals surface area contributed by atoms with Crippen LogP contribution in [-0.2, 0) is 0 Å². The molecular weight excluding hydrogens is 304 g/mol. The van der Waals surface area contributed by atoms with Crippen molar-refractivity contribution in [1.82, 2.24) is 25.2 Å². The number of hydrogen-bond donors (Lipinski definition) is 0. The first kappa shape index (κ1) is 14.1. The van der Waals surface area contributed by atoms with Crippen LogP contribution in [0, 0.1) is 17.0 Å². The van der Waals surface area contributed by atoms with E-state index in [4.69, 9.17) is 0 Å². The molecule has 22 heavy (non-hydrogen) atoms. The third-order valence-electron chi connectivity index (χ3n) is 2.86. The highest BCUT2D eigenvalue weighted by atomic mass is 32.2. The van der Waals surface area contributed by atoms with Crippen molar-refractivity contribution in [2.24, 2.45) is 0 Å². The molecule has 0 unspecified atom stereocenters. The van der Waals surface area contributed by atoms with Gasteiger partial charge >= 0.3 is 5.69 Å². The Bertz CT molecular complexity index is 817. The maximum absolute atomic E-state index is 11.0.